The summed E-state index contributed by atoms with van der Waals surface area (Å²) in [4.78, 5) is 8.12. The summed E-state index contributed by atoms with van der Waals surface area (Å²) < 4.78 is 52.2. The molecule has 0 N–H and O–H groups in total. The van der Waals surface area contributed by atoms with Crippen LogP contribution in [0.25, 0.3) is 22.1 Å². The third-order valence-electron chi connectivity index (χ3n) is 3.80. The van der Waals surface area contributed by atoms with Gasteiger partial charge in [-0.2, -0.15) is 0 Å². The molecular formula is C19H12F3N3O3. The summed E-state index contributed by atoms with van der Waals surface area (Å²) in [5.41, 5.74) is 1.68. The summed E-state index contributed by atoms with van der Waals surface area (Å²) >= 11 is 0. The van der Waals surface area contributed by atoms with Crippen LogP contribution >= 0.6 is 0 Å². The van der Waals surface area contributed by atoms with Gasteiger partial charge >= 0.3 is 6.36 Å². The summed E-state index contributed by atoms with van der Waals surface area (Å²) in [5.74, 6) is 0.423. The first-order chi connectivity index (χ1) is 13.5. The fourth-order valence-corrected chi connectivity index (χ4v) is 2.61. The molecule has 0 bridgehead atoms. The van der Waals surface area contributed by atoms with Crippen molar-refractivity contribution in [3.8, 4) is 22.8 Å². The van der Waals surface area contributed by atoms with E-state index in [4.69, 9.17) is 9.26 Å². The van der Waals surface area contributed by atoms with E-state index in [9.17, 15) is 13.2 Å². The highest BCUT2D eigenvalue weighted by molar-refractivity contribution is 5.87. The molecule has 0 unspecified atom stereocenters. The van der Waals surface area contributed by atoms with Crippen molar-refractivity contribution in [1.82, 2.24) is 15.1 Å². The normalized spacial score (nSPS) is 11.5. The molecule has 0 spiro atoms. The van der Waals surface area contributed by atoms with E-state index in [1.807, 2.05) is 0 Å². The van der Waals surface area contributed by atoms with Crippen LogP contribution in [0.3, 0.4) is 0 Å². The summed E-state index contributed by atoms with van der Waals surface area (Å²) in [7, 11) is 0. The van der Waals surface area contributed by atoms with Crippen molar-refractivity contribution in [3.05, 3.63) is 66.7 Å². The van der Waals surface area contributed by atoms with Crippen LogP contribution in [-0.4, -0.2) is 21.5 Å². The number of fused-ring (bicyclic) bond motifs is 1. The number of ether oxygens (including phenoxy) is 2. The molecule has 0 aliphatic heterocycles. The Balaban J connectivity index is 1.61. The Kier molecular flexibility index (Phi) is 4.56. The Morgan fingerprint density at radius 1 is 0.929 bits per heavy atom. The molecule has 0 aliphatic rings. The number of rotatable bonds is 5. The Morgan fingerprint density at radius 2 is 1.71 bits per heavy atom. The zero-order valence-corrected chi connectivity index (χ0v) is 14.2. The maximum absolute atomic E-state index is 12.5. The Morgan fingerprint density at radius 3 is 2.50 bits per heavy atom. The number of nitrogens with zero attached hydrogens (tertiary/aromatic N) is 3. The van der Waals surface area contributed by atoms with Gasteiger partial charge in [-0.15, -0.1) is 13.2 Å². The van der Waals surface area contributed by atoms with Gasteiger partial charge in [-0.25, -0.2) is 9.97 Å². The van der Waals surface area contributed by atoms with Crippen LogP contribution in [0.5, 0.6) is 11.6 Å². The molecule has 4 aromatic rings. The van der Waals surface area contributed by atoms with E-state index in [-0.39, 0.29) is 18.2 Å². The molecular weight excluding hydrogens is 375 g/mol. The maximum Gasteiger partial charge on any atom is 0.573 e. The number of aromatic nitrogens is 3. The molecule has 4 rings (SSSR count). The molecule has 9 heteroatoms. The lowest BCUT2D eigenvalue weighted by Crippen LogP contribution is -2.17. The van der Waals surface area contributed by atoms with Gasteiger partial charge in [0.05, 0.1) is 5.39 Å². The van der Waals surface area contributed by atoms with Crippen LogP contribution in [-0.2, 0) is 6.61 Å². The van der Waals surface area contributed by atoms with Crippen LogP contribution in [0.15, 0.2) is 65.4 Å². The SMILES string of the molecule is FC(F)(F)Oc1cccc(-c2ccc3onc(OCc4ncccn4)c3c2)c1. The number of alkyl halides is 3. The second kappa shape index (κ2) is 7.18. The van der Waals surface area contributed by atoms with Gasteiger partial charge in [-0.3, -0.25) is 0 Å². The molecule has 0 atom stereocenters. The quantitative estimate of drug-likeness (QED) is 0.492. The van der Waals surface area contributed by atoms with Crippen molar-refractivity contribution < 1.29 is 27.2 Å². The molecule has 28 heavy (non-hydrogen) atoms. The van der Waals surface area contributed by atoms with Gasteiger partial charge in [0.1, 0.15) is 12.4 Å². The topological polar surface area (TPSA) is 70.3 Å². The van der Waals surface area contributed by atoms with Crippen molar-refractivity contribution in [3.63, 3.8) is 0 Å². The van der Waals surface area contributed by atoms with E-state index in [0.717, 1.165) is 0 Å². The largest absolute Gasteiger partial charge is 0.573 e. The van der Waals surface area contributed by atoms with Gasteiger partial charge in [0.2, 0.25) is 0 Å². The van der Waals surface area contributed by atoms with E-state index in [1.54, 1.807) is 42.7 Å². The minimum absolute atomic E-state index is 0.0988. The first-order valence-corrected chi connectivity index (χ1v) is 8.12. The minimum atomic E-state index is -4.75. The molecule has 2 aromatic heterocycles. The highest BCUT2D eigenvalue weighted by atomic mass is 19.4. The molecule has 0 fully saturated rings. The van der Waals surface area contributed by atoms with Crippen molar-refractivity contribution in [2.75, 3.05) is 0 Å². The zero-order chi connectivity index (χ0) is 19.6. The molecule has 0 amide bonds. The predicted molar refractivity (Wildman–Crippen MR) is 92.5 cm³/mol. The molecule has 0 saturated heterocycles. The highest BCUT2D eigenvalue weighted by Gasteiger charge is 2.31. The minimum Gasteiger partial charge on any atom is -0.467 e. The zero-order valence-electron chi connectivity index (χ0n) is 14.2. The lowest BCUT2D eigenvalue weighted by molar-refractivity contribution is -0.274. The van der Waals surface area contributed by atoms with Crippen LogP contribution in [0.2, 0.25) is 0 Å². The van der Waals surface area contributed by atoms with E-state index in [0.29, 0.717) is 27.9 Å². The molecule has 142 valence electrons. The lowest BCUT2D eigenvalue weighted by atomic mass is 10.0. The number of benzene rings is 2. The Hall–Kier alpha value is -3.62. The summed E-state index contributed by atoms with van der Waals surface area (Å²) in [6, 6.07) is 12.5. The maximum atomic E-state index is 12.5. The van der Waals surface area contributed by atoms with Crippen LogP contribution < -0.4 is 9.47 Å². The second-order valence-corrected chi connectivity index (χ2v) is 5.73. The lowest BCUT2D eigenvalue weighted by Gasteiger charge is -2.10. The van der Waals surface area contributed by atoms with Crippen molar-refractivity contribution in [1.29, 1.82) is 0 Å². The monoisotopic (exact) mass is 387 g/mol. The summed E-state index contributed by atoms with van der Waals surface area (Å²) in [6.45, 7) is 0.0988. The summed E-state index contributed by atoms with van der Waals surface area (Å²) in [6.07, 6.45) is -1.56. The van der Waals surface area contributed by atoms with Gasteiger partial charge in [-0.05, 0) is 46.6 Å². The summed E-state index contributed by atoms with van der Waals surface area (Å²) in [5, 5.41) is 4.46. The Bertz CT molecular complexity index is 1100. The number of hydrogen-bond acceptors (Lipinski definition) is 6. The standard InChI is InChI=1S/C19H12F3N3O3/c20-19(21,22)27-14-4-1-3-12(9-14)13-5-6-16-15(10-13)18(25-28-16)26-11-17-23-7-2-8-24-17/h1-10H,11H2. The van der Waals surface area contributed by atoms with Gasteiger partial charge in [0.25, 0.3) is 5.88 Å². The second-order valence-electron chi connectivity index (χ2n) is 5.73. The molecule has 2 heterocycles. The predicted octanol–water partition coefficient (Wildman–Crippen LogP) is 4.76. The van der Waals surface area contributed by atoms with Gasteiger partial charge < -0.3 is 14.0 Å². The molecule has 0 aliphatic carbocycles. The molecule has 0 saturated carbocycles. The fraction of sp³-hybridized carbons (Fsp3) is 0.105. The van der Waals surface area contributed by atoms with Crippen molar-refractivity contribution in [2.45, 2.75) is 13.0 Å². The molecule has 6 nitrogen and oxygen atoms in total. The first kappa shape index (κ1) is 17.8. The number of halogens is 3. The fourth-order valence-electron chi connectivity index (χ4n) is 2.61. The van der Waals surface area contributed by atoms with Crippen molar-refractivity contribution in [2.24, 2.45) is 0 Å². The van der Waals surface area contributed by atoms with Gasteiger partial charge in [-0.1, -0.05) is 18.2 Å². The molecule has 0 radical (unpaired) electrons. The van der Waals surface area contributed by atoms with E-state index >= 15 is 0 Å². The van der Waals surface area contributed by atoms with Crippen LogP contribution in [0.1, 0.15) is 5.82 Å². The van der Waals surface area contributed by atoms with Crippen molar-refractivity contribution >= 4 is 11.0 Å². The van der Waals surface area contributed by atoms with E-state index in [2.05, 4.69) is 19.9 Å². The average molecular weight is 387 g/mol. The first-order valence-electron chi connectivity index (χ1n) is 8.12. The van der Waals surface area contributed by atoms with Gasteiger partial charge in [0, 0.05) is 12.4 Å². The van der Waals surface area contributed by atoms with E-state index < -0.39 is 6.36 Å². The third-order valence-corrected chi connectivity index (χ3v) is 3.80. The third kappa shape index (κ3) is 4.03. The highest BCUT2D eigenvalue weighted by Crippen LogP contribution is 2.32. The smallest absolute Gasteiger partial charge is 0.467 e. The van der Waals surface area contributed by atoms with Crippen LogP contribution in [0, 0.1) is 0 Å². The number of hydrogen-bond donors (Lipinski definition) is 0. The van der Waals surface area contributed by atoms with Gasteiger partial charge in [0.15, 0.2) is 11.4 Å². The Labute approximate surface area is 156 Å². The van der Waals surface area contributed by atoms with Crippen LogP contribution in [0.4, 0.5) is 13.2 Å². The van der Waals surface area contributed by atoms with E-state index in [1.165, 1.54) is 18.2 Å². The average Bonchev–Trinajstić information content (AvgIpc) is 3.08. The molecule has 2 aromatic carbocycles.